The van der Waals surface area contributed by atoms with Crippen LogP contribution < -0.4 is 4.90 Å². The Bertz CT molecular complexity index is 2740. The van der Waals surface area contributed by atoms with Gasteiger partial charge in [0.15, 0.2) is 0 Å². The summed E-state index contributed by atoms with van der Waals surface area (Å²) in [7, 11) is 0. The molecule has 0 radical (unpaired) electrons. The largest absolute Gasteiger partial charge is 0.310 e. The number of fused-ring (bicyclic) bond motifs is 8. The molecule has 0 spiro atoms. The van der Waals surface area contributed by atoms with Gasteiger partial charge >= 0.3 is 0 Å². The van der Waals surface area contributed by atoms with Gasteiger partial charge in [0, 0.05) is 32.3 Å². The first-order chi connectivity index (χ1) is 25.0. The summed E-state index contributed by atoms with van der Waals surface area (Å²) in [6.45, 7) is 4.80. The number of rotatable bonds is 5. The maximum atomic E-state index is 2.45. The van der Waals surface area contributed by atoms with Gasteiger partial charge in [0.25, 0.3) is 0 Å². The Balaban J connectivity index is 1.09. The van der Waals surface area contributed by atoms with Crippen molar-refractivity contribution in [2.75, 3.05) is 4.90 Å². The van der Waals surface area contributed by atoms with E-state index in [0.29, 0.717) is 0 Å². The van der Waals surface area contributed by atoms with Gasteiger partial charge in [0.2, 0.25) is 0 Å². The molecule has 1 aliphatic rings. The highest BCUT2D eigenvalue weighted by molar-refractivity contribution is 7.99. The first kappa shape index (κ1) is 30.0. The Kier molecular flexibility index (Phi) is 6.84. The average Bonchev–Trinajstić information content (AvgIpc) is 3.39. The number of anilines is 3. The van der Waals surface area contributed by atoms with Crippen LogP contribution >= 0.6 is 11.8 Å². The highest BCUT2D eigenvalue weighted by Crippen LogP contribution is 2.53. The molecule has 0 amide bonds. The normalized spacial score (nSPS) is 13.1. The topological polar surface area (TPSA) is 3.24 Å². The van der Waals surface area contributed by atoms with Crippen molar-refractivity contribution in [1.82, 2.24) is 0 Å². The summed E-state index contributed by atoms with van der Waals surface area (Å²) in [5.41, 5.74) is 8.82. The molecule has 0 saturated carbocycles. The lowest BCUT2D eigenvalue weighted by Crippen LogP contribution is -2.15. The van der Waals surface area contributed by atoms with Crippen LogP contribution in [0.25, 0.3) is 54.2 Å². The van der Waals surface area contributed by atoms with E-state index >= 15 is 0 Å². The predicted molar refractivity (Wildman–Crippen MR) is 219 cm³/mol. The number of hydrogen-bond acceptors (Lipinski definition) is 2. The van der Waals surface area contributed by atoms with Crippen LogP contribution in [0.1, 0.15) is 25.0 Å². The molecule has 0 bridgehead atoms. The average molecular weight is 670 g/mol. The van der Waals surface area contributed by atoms with E-state index in [4.69, 9.17) is 0 Å². The van der Waals surface area contributed by atoms with E-state index in [1.807, 2.05) is 11.8 Å². The first-order valence-corrected chi connectivity index (χ1v) is 18.5. The molecule has 0 atom stereocenters. The van der Waals surface area contributed by atoms with E-state index in [2.05, 4.69) is 195 Å². The highest BCUT2D eigenvalue weighted by atomic mass is 32.2. The van der Waals surface area contributed by atoms with Crippen molar-refractivity contribution in [2.24, 2.45) is 0 Å². The lowest BCUT2D eigenvalue weighted by molar-refractivity contribution is 0.667. The number of benzene rings is 9. The molecule has 0 aromatic heterocycles. The lowest BCUT2D eigenvalue weighted by atomic mass is 9.80. The van der Waals surface area contributed by atoms with Gasteiger partial charge in [-0.05, 0) is 138 Å². The first-order valence-electron chi connectivity index (χ1n) is 17.7. The van der Waals surface area contributed by atoms with E-state index in [-0.39, 0.29) is 5.41 Å². The van der Waals surface area contributed by atoms with Gasteiger partial charge in [0.1, 0.15) is 0 Å². The minimum Gasteiger partial charge on any atom is -0.310 e. The fourth-order valence-corrected chi connectivity index (χ4v) is 9.16. The standard InChI is InChI=1S/C49H35NS/c1-49(2)47-31-38-29-43(51-42-14-4-3-5-15-42)23-18-36(38)30-46(47)45-24-19-37-28-41(22-25-44(37)48(45)49)50(39-20-16-32-10-6-8-12-34(32)26-39)40-21-17-33-11-7-9-13-35(33)27-40/h3-31H,1-2H3. The minimum atomic E-state index is -0.140. The third-order valence-corrected chi connectivity index (χ3v) is 11.8. The SMILES string of the molecule is CC1(C)c2cc3cc(Sc4ccccc4)ccc3cc2-c2ccc3cc(N(c4ccc5ccccc5c4)c4ccc5ccccc5c4)ccc3c21. The Morgan fingerprint density at radius 1 is 0.392 bits per heavy atom. The molecule has 242 valence electrons. The fraction of sp³-hybridized carbons (Fsp3) is 0.0612. The summed E-state index contributed by atoms with van der Waals surface area (Å²) in [5.74, 6) is 0. The van der Waals surface area contributed by atoms with Crippen molar-refractivity contribution < 1.29 is 0 Å². The van der Waals surface area contributed by atoms with Gasteiger partial charge in [0.05, 0.1) is 0 Å². The van der Waals surface area contributed by atoms with Crippen molar-refractivity contribution >= 4 is 71.9 Å². The minimum absolute atomic E-state index is 0.140. The second-order valence-corrected chi connectivity index (χ2v) is 15.4. The summed E-state index contributed by atoms with van der Waals surface area (Å²) < 4.78 is 0. The Morgan fingerprint density at radius 3 is 1.63 bits per heavy atom. The third kappa shape index (κ3) is 5.01. The molecule has 9 aromatic carbocycles. The van der Waals surface area contributed by atoms with E-state index in [1.54, 1.807) is 0 Å². The van der Waals surface area contributed by atoms with Crippen LogP contribution in [0.3, 0.4) is 0 Å². The van der Waals surface area contributed by atoms with Crippen LogP contribution in [0.15, 0.2) is 186 Å². The van der Waals surface area contributed by atoms with Gasteiger partial charge in [-0.15, -0.1) is 0 Å². The summed E-state index contributed by atoms with van der Waals surface area (Å²) in [5, 5.41) is 10.1. The molecule has 0 saturated heterocycles. The molecule has 9 aromatic rings. The van der Waals surface area contributed by atoms with Crippen molar-refractivity contribution in [1.29, 1.82) is 0 Å². The molecule has 0 fully saturated rings. The zero-order valence-electron chi connectivity index (χ0n) is 28.6. The van der Waals surface area contributed by atoms with E-state index in [0.717, 1.165) is 17.1 Å². The Morgan fingerprint density at radius 2 is 0.941 bits per heavy atom. The van der Waals surface area contributed by atoms with Gasteiger partial charge in [-0.25, -0.2) is 0 Å². The molecule has 2 heteroatoms. The molecule has 0 N–H and O–H groups in total. The van der Waals surface area contributed by atoms with Crippen LogP contribution in [0.5, 0.6) is 0 Å². The van der Waals surface area contributed by atoms with E-state index in [9.17, 15) is 0 Å². The zero-order chi connectivity index (χ0) is 34.1. The van der Waals surface area contributed by atoms with E-state index < -0.39 is 0 Å². The van der Waals surface area contributed by atoms with Gasteiger partial charge in [-0.1, -0.05) is 129 Å². The van der Waals surface area contributed by atoms with Crippen LogP contribution in [-0.4, -0.2) is 0 Å². The van der Waals surface area contributed by atoms with Crippen molar-refractivity contribution in [2.45, 2.75) is 29.1 Å². The van der Waals surface area contributed by atoms with E-state index in [1.165, 1.54) is 75.1 Å². The van der Waals surface area contributed by atoms with Gasteiger partial charge in [-0.3, -0.25) is 0 Å². The summed E-state index contributed by atoms with van der Waals surface area (Å²) in [4.78, 5) is 4.93. The van der Waals surface area contributed by atoms with Crippen LogP contribution in [0.2, 0.25) is 0 Å². The zero-order valence-corrected chi connectivity index (χ0v) is 29.4. The van der Waals surface area contributed by atoms with Crippen LogP contribution in [-0.2, 0) is 5.41 Å². The molecule has 0 unspecified atom stereocenters. The summed E-state index contributed by atoms with van der Waals surface area (Å²) in [6.07, 6.45) is 0. The van der Waals surface area contributed by atoms with Crippen molar-refractivity contribution in [3.05, 3.63) is 187 Å². The Labute approximate surface area is 302 Å². The van der Waals surface area contributed by atoms with Crippen LogP contribution in [0.4, 0.5) is 17.1 Å². The number of hydrogen-bond donors (Lipinski definition) is 0. The molecular formula is C49H35NS. The fourth-order valence-electron chi connectivity index (χ4n) is 8.27. The monoisotopic (exact) mass is 669 g/mol. The molecule has 0 aliphatic heterocycles. The molecule has 0 heterocycles. The number of nitrogens with zero attached hydrogens (tertiary/aromatic N) is 1. The third-order valence-electron chi connectivity index (χ3n) is 10.8. The molecule has 1 nitrogen and oxygen atoms in total. The molecule has 10 rings (SSSR count). The smallest absolute Gasteiger partial charge is 0.0468 e. The second kappa shape index (κ2) is 11.6. The predicted octanol–water partition coefficient (Wildman–Crippen LogP) is 14.2. The molecule has 51 heavy (non-hydrogen) atoms. The second-order valence-electron chi connectivity index (χ2n) is 14.2. The Hall–Kier alpha value is -5.83. The van der Waals surface area contributed by atoms with Gasteiger partial charge in [-0.2, -0.15) is 0 Å². The van der Waals surface area contributed by atoms with Crippen molar-refractivity contribution in [3.8, 4) is 11.1 Å². The summed E-state index contributed by atoms with van der Waals surface area (Å²) in [6, 6.07) is 64.9. The maximum Gasteiger partial charge on any atom is 0.0468 e. The summed E-state index contributed by atoms with van der Waals surface area (Å²) >= 11 is 1.82. The molecular weight excluding hydrogens is 635 g/mol. The maximum absolute atomic E-state index is 2.45. The van der Waals surface area contributed by atoms with Crippen LogP contribution in [0, 0.1) is 0 Å². The molecule has 1 aliphatic carbocycles. The highest BCUT2D eigenvalue weighted by Gasteiger charge is 2.37. The van der Waals surface area contributed by atoms with Gasteiger partial charge < -0.3 is 4.90 Å². The lowest BCUT2D eigenvalue weighted by Gasteiger charge is -2.27. The van der Waals surface area contributed by atoms with Crippen molar-refractivity contribution in [3.63, 3.8) is 0 Å². The quantitative estimate of drug-likeness (QED) is 0.179.